The highest BCUT2D eigenvalue weighted by Gasteiger charge is 2.28. The molecule has 0 bridgehead atoms. The van der Waals surface area contributed by atoms with Gasteiger partial charge in [0.1, 0.15) is 11.3 Å². The van der Waals surface area contributed by atoms with Crippen molar-refractivity contribution in [2.24, 2.45) is 0 Å². The Hall–Kier alpha value is -4.31. The minimum absolute atomic E-state index is 0.132. The largest absolute Gasteiger partial charge is 0.507 e. The fourth-order valence-electron chi connectivity index (χ4n) is 4.41. The molecule has 2 heterocycles. The fourth-order valence-corrected chi connectivity index (χ4v) is 4.41. The van der Waals surface area contributed by atoms with Crippen molar-refractivity contribution in [2.75, 3.05) is 32.1 Å². The Morgan fingerprint density at radius 3 is 2.18 bits per heavy atom. The van der Waals surface area contributed by atoms with Crippen molar-refractivity contribution in [2.45, 2.75) is 24.9 Å². The number of carbonyl (C=O) groups is 3. The van der Waals surface area contributed by atoms with E-state index in [1.54, 1.807) is 38.6 Å². The zero-order chi connectivity index (χ0) is 27.2. The molecule has 38 heavy (non-hydrogen) atoms. The minimum Gasteiger partial charge on any atom is -0.507 e. The number of aromatic nitrogens is 1. The number of benzene rings is 2. The molecule has 198 valence electrons. The van der Waals surface area contributed by atoms with Gasteiger partial charge < -0.3 is 26.0 Å². The maximum atomic E-state index is 14.9. The van der Waals surface area contributed by atoms with Gasteiger partial charge in [0.25, 0.3) is 11.8 Å². The van der Waals surface area contributed by atoms with Crippen molar-refractivity contribution >= 4 is 23.3 Å². The standard InChI is InChI=1S/C28H30FN5O4/c1-34(2)22-9-10-23(35)24(25(22)29)26(36)17-5-7-18(8-6-17)27(37)32-20-4-3-13-31-16-21(20)33-28(38)19-11-14-30-15-12-19/h5-12,14-15,20-21,31,35H,3-4,13,16H2,1-2H3,(H,32,37)(H,33,38)/t20-,21-/m1/s1. The van der Waals surface area contributed by atoms with Gasteiger partial charge in [0.2, 0.25) is 0 Å². The van der Waals surface area contributed by atoms with Crippen LogP contribution in [0.2, 0.25) is 0 Å². The van der Waals surface area contributed by atoms with E-state index in [4.69, 9.17) is 0 Å². The van der Waals surface area contributed by atoms with Crippen molar-refractivity contribution < 1.29 is 23.9 Å². The lowest BCUT2D eigenvalue weighted by molar-refractivity contribution is 0.0882. The Balaban J connectivity index is 1.47. The second-order valence-corrected chi connectivity index (χ2v) is 9.34. The SMILES string of the molecule is CN(C)c1ccc(O)c(C(=O)c2ccc(C(=O)N[C@@H]3CCCNC[C@H]3NC(=O)c3ccncc3)cc2)c1F. The molecule has 0 aliphatic carbocycles. The van der Waals surface area contributed by atoms with Gasteiger partial charge in [0, 0.05) is 49.7 Å². The van der Waals surface area contributed by atoms with E-state index < -0.39 is 22.9 Å². The molecule has 0 radical (unpaired) electrons. The molecule has 4 rings (SSSR count). The van der Waals surface area contributed by atoms with Gasteiger partial charge in [-0.05, 0) is 55.8 Å². The van der Waals surface area contributed by atoms with Crippen molar-refractivity contribution in [3.63, 3.8) is 0 Å². The maximum Gasteiger partial charge on any atom is 0.251 e. The first-order chi connectivity index (χ1) is 18.3. The van der Waals surface area contributed by atoms with Gasteiger partial charge in [0.05, 0.1) is 17.8 Å². The summed E-state index contributed by atoms with van der Waals surface area (Å²) in [5, 5.41) is 19.4. The van der Waals surface area contributed by atoms with Gasteiger partial charge in [0.15, 0.2) is 11.6 Å². The predicted molar refractivity (Wildman–Crippen MR) is 141 cm³/mol. The molecule has 1 aromatic heterocycles. The summed E-state index contributed by atoms with van der Waals surface area (Å²) in [5.74, 6) is -2.57. The van der Waals surface area contributed by atoms with Crippen molar-refractivity contribution in [3.8, 4) is 5.75 Å². The number of hydrogen-bond donors (Lipinski definition) is 4. The number of aromatic hydroxyl groups is 1. The highest BCUT2D eigenvalue weighted by molar-refractivity contribution is 6.11. The molecule has 3 aromatic rings. The normalized spacial score (nSPS) is 17.2. The van der Waals surface area contributed by atoms with Gasteiger partial charge in [-0.2, -0.15) is 0 Å². The van der Waals surface area contributed by atoms with Gasteiger partial charge in [-0.1, -0.05) is 12.1 Å². The first-order valence-corrected chi connectivity index (χ1v) is 12.3. The Morgan fingerprint density at radius 1 is 0.921 bits per heavy atom. The summed E-state index contributed by atoms with van der Waals surface area (Å²) in [5.41, 5.74) is 0.670. The summed E-state index contributed by atoms with van der Waals surface area (Å²) in [7, 11) is 3.27. The summed E-state index contributed by atoms with van der Waals surface area (Å²) in [6, 6.07) is 11.1. The van der Waals surface area contributed by atoms with Gasteiger partial charge >= 0.3 is 0 Å². The molecule has 1 aliphatic heterocycles. The zero-order valence-corrected chi connectivity index (χ0v) is 21.2. The van der Waals surface area contributed by atoms with Crippen molar-refractivity contribution in [1.29, 1.82) is 0 Å². The van der Waals surface area contributed by atoms with Crippen LogP contribution in [0.4, 0.5) is 10.1 Å². The third-order valence-corrected chi connectivity index (χ3v) is 6.51. The number of amides is 2. The second kappa shape index (κ2) is 11.8. The van der Waals surface area contributed by atoms with Crippen molar-refractivity contribution in [1.82, 2.24) is 20.9 Å². The van der Waals surface area contributed by atoms with E-state index in [0.29, 0.717) is 24.1 Å². The number of ketones is 1. The van der Waals surface area contributed by atoms with E-state index in [9.17, 15) is 23.9 Å². The number of halogens is 1. The maximum absolute atomic E-state index is 14.9. The van der Waals surface area contributed by atoms with Crippen LogP contribution >= 0.6 is 0 Å². The number of carbonyl (C=O) groups excluding carboxylic acids is 3. The Morgan fingerprint density at radius 2 is 1.53 bits per heavy atom. The number of nitrogens with one attached hydrogen (secondary N) is 3. The van der Waals surface area contributed by atoms with E-state index in [1.807, 2.05) is 0 Å². The fraction of sp³-hybridized carbons (Fsp3) is 0.286. The van der Waals surface area contributed by atoms with Gasteiger partial charge in [-0.25, -0.2) is 4.39 Å². The summed E-state index contributed by atoms with van der Waals surface area (Å²) >= 11 is 0. The number of anilines is 1. The number of pyridine rings is 1. The molecule has 0 unspecified atom stereocenters. The molecule has 1 saturated heterocycles. The number of hydrogen-bond acceptors (Lipinski definition) is 7. The van der Waals surface area contributed by atoms with Crippen LogP contribution in [-0.2, 0) is 0 Å². The van der Waals surface area contributed by atoms with Gasteiger partial charge in [-0.15, -0.1) is 0 Å². The first-order valence-electron chi connectivity index (χ1n) is 12.3. The summed E-state index contributed by atoms with van der Waals surface area (Å²) < 4.78 is 14.9. The predicted octanol–water partition coefficient (Wildman–Crippen LogP) is 2.50. The van der Waals surface area contributed by atoms with Crippen LogP contribution < -0.4 is 20.9 Å². The van der Waals surface area contributed by atoms with E-state index in [2.05, 4.69) is 20.9 Å². The van der Waals surface area contributed by atoms with Crippen LogP contribution in [0.25, 0.3) is 0 Å². The highest BCUT2D eigenvalue weighted by atomic mass is 19.1. The molecule has 2 atom stereocenters. The average Bonchev–Trinajstić information content (AvgIpc) is 3.13. The lowest BCUT2D eigenvalue weighted by Crippen LogP contribution is -2.54. The Labute approximate surface area is 220 Å². The smallest absolute Gasteiger partial charge is 0.251 e. The molecular weight excluding hydrogens is 489 g/mol. The number of rotatable bonds is 7. The molecule has 4 N–H and O–H groups in total. The number of nitrogens with zero attached hydrogens (tertiary/aromatic N) is 2. The Bertz CT molecular complexity index is 1310. The molecule has 10 heteroatoms. The van der Waals surface area contributed by atoms with E-state index >= 15 is 0 Å². The summed E-state index contributed by atoms with van der Waals surface area (Å²) in [6.07, 6.45) is 4.57. The van der Waals surface area contributed by atoms with E-state index in [1.165, 1.54) is 41.3 Å². The highest BCUT2D eigenvalue weighted by Crippen LogP contribution is 2.30. The minimum atomic E-state index is -0.816. The molecule has 1 aliphatic rings. The molecule has 9 nitrogen and oxygen atoms in total. The number of phenols is 1. The summed E-state index contributed by atoms with van der Waals surface area (Å²) in [4.78, 5) is 44.2. The van der Waals surface area contributed by atoms with E-state index in [-0.39, 0.29) is 35.1 Å². The second-order valence-electron chi connectivity index (χ2n) is 9.34. The Kier molecular flexibility index (Phi) is 8.32. The van der Waals surface area contributed by atoms with Crippen LogP contribution in [0.1, 0.15) is 49.5 Å². The van der Waals surface area contributed by atoms with Gasteiger partial charge in [-0.3, -0.25) is 19.4 Å². The first kappa shape index (κ1) is 26.7. The molecular formula is C28H30FN5O4. The lowest BCUT2D eigenvalue weighted by Gasteiger charge is -2.27. The van der Waals surface area contributed by atoms with Crippen LogP contribution in [-0.4, -0.2) is 67.0 Å². The van der Waals surface area contributed by atoms with Crippen LogP contribution in [0, 0.1) is 5.82 Å². The lowest BCUT2D eigenvalue weighted by atomic mass is 9.99. The number of phenolic OH excluding ortho intramolecular Hbond substituents is 1. The molecule has 0 spiro atoms. The summed E-state index contributed by atoms with van der Waals surface area (Å²) in [6.45, 7) is 1.26. The topological polar surface area (TPSA) is 124 Å². The average molecular weight is 520 g/mol. The monoisotopic (exact) mass is 519 g/mol. The molecule has 1 fully saturated rings. The molecule has 2 amide bonds. The van der Waals surface area contributed by atoms with Crippen LogP contribution in [0.5, 0.6) is 5.75 Å². The van der Waals surface area contributed by atoms with Crippen LogP contribution in [0.3, 0.4) is 0 Å². The van der Waals surface area contributed by atoms with Crippen molar-refractivity contribution in [3.05, 3.63) is 89.0 Å². The quantitative estimate of drug-likeness (QED) is 0.354. The third kappa shape index (κ3) is 5.97. The third-order valence-electron chi connectivity index (χ3n) is 6.51. The van der Waals surface area contributed by atoms with E-state index in [0.717, 1.165) is 13.0 Å². The van der Waals surface area contributed by atoms with Crippen LogP contribution in [0.15, 0.2) is 60.9 Å². The molecule has 0 saturated carbocycles. The zero-order valence-electron chi connectivity index (χ0n) is 21.2. The molecule has 2 aromatic carbocycles.